The number of hydrogen-bond donors (Lipinski definition) is 1. The molecule has 0 aliphatic carbocycles. The second-order valence-electron chi connectivity index (χ2n) is 2.42. The van der Waals surface area contributed by atoms with Gasteiger partial charge in [-0.1, -0.05) is 0 Å². The lowest BCUT2D eigenvalue weighted by Gasteiger charge is -1.98. The summed E-state index contributed by atoms with van der Waals surface area (Å²) in [6.45, 7) is 1.49. The fourth-order valence-corrected chi connectivity index (χ4v) is 0.702. The number of carboxylic acids is 1. The molecule has 0 radical (unpaired) electrons. The van der Waals surface area contributed by atoms with E-state index in [1.165, 1.54) is 6.92 Å². The van der Waals surface area contributed by atoms with Crippen LogP contribution in [0.1, 0.15) is 32.6 Å². The van der Waals surface area contributed by atoms with E-state index < -0.39 is 12.1 Å². The van der Waals surface area contributed by atoms with E-state index in [1.54, 1.807) is 0 Å². The van der Waals surface area contributed by atoms with Crippen molar-refractivity contribution in [2.45, 2.75) is 38.8 Å². The number of halogens is 1. The summed E-state index contributed by atoms with van der Waals surface area (Å²) in [5.74, 6) is -0.800. The van der Waals surface area contributed by atoms with Crippen LogP contribution in [0.3, 0.4) is 0 Å². The third kappa shape index (κ3) is 7.40. The van der Waals surface area contributed by atoms with E-state index in [4.69, 9.17) is 5.11 Å². The number of carboxylic acid groups (broad SMARTS) is 1. The van der Waals surface area contributed by atoms with Gasteiger partial charge in [0.2, 0.25) is 0 Å². The Morgan fingerprint density at radius 3 is 2.60 bits per heavy atom. The highest BCUT2D eigenvalue weighted by Gasteiger charge is 1.99. The summed E-state index contributed by atoms with van der Waals surface area (Å²) in [4.78, 5) is 9.95. The zero-order valence-electron chi connectivity index (χ0n) is 6.14. The molecule has 0 amide bonds. The molecule has 0 aliphatic rings. The van der Waals surface area contributed by atoms with Crippen LogP contribution >= 0.6 is 0 Å². The van der Waals surface area contributed by atoms with Gasteiger partial charge < -0.3 is 5.11 Å². The molecule has 0 heterocycles. The standard InChI is InChI=1S/C7H13FO2/c1-6(8)4-2-3-5-7(9)10/h6H,2-5H2,1H3,(H,9,10). The summed E-state index contributed by atoms with van der Waals surface area (Å²) < 4.78 is 12.1. The van der Waals surface area contributed by atoms with Crippen molar-refractivity contribution in [1.82, 2.24) is 0 Å². The lowest BCUT2D eigenvalue weighted by Crippen LogP contribution is -1.96. The number of alkyl halides is 1. The van der Waals surface area contributed by atoms with Crippen molar-refractivity contribution in [3.05, 3.63) is 0 Å². The van der Waals surface area contributed by atoms with Gasteiger partial charge in [-0.2, -0.15) is 0 Å². The number of hydrogen-bond acceptors (Lipinski definition) is 1. The molecule has 0 rings (SSSR count). The Morgan fingerprint density at radius 1 is 1.60 bits per heavy atom. The average Bonchev–Trinajstić information content (AvgIpc) is 1.79. The third-order valence-electron chi connectivity index (χ3n) is 1.24. The molecule has 1 atom stereocenters. The molecule has 10 heavy (non-hydrogen) atoms. The molecule has 60 valence electrons. The maximum atomic E-state index is 12.1. The predicted molar refractivity (Wildman–Crippen MR) is 36.7 cm³/mol. The maximum absolute atomic E-state index is 12.1. The zero-order valence-corrected chi connectivity index (χ0v) is 6.14. The largest absolute Gasteiger partial charge is 0.481 e. The van der Waals surface area contributed by atoms with Crippen LogP contribution in [0.2, 0.25) is 0 Å². The van der Waals surface area contributed by atoms with Crippen LogP contribution in [0.4, 0.5) is 4.39 Å². The molecule has 0 aromatic rings. The van der Waals surface area contributed by atoms with Gasteiger partial charge in [-0.05, 0) is 26.2 Å². The molecule has 1 unspecified atom stereocenters. The summed E-state index contributed by atoms with van der Waals surface area (Å²) in [6.07, 6.45) is 1.10. The van der Waals surface area contributed by atoms with Crippen LogP contribution in [-0.4, -0.2) is 17.2 Å². The molecule has 0 bridgehead atoms. The van der Waals surface area contributed by atoms with Crippen molar-refractivity contribution in [3.8, 4) is 0 Å². The van der Waals surface area contributed by atoms with Crippen LogP contribution in [0.15, 0.2) is 0 Å². The summed E-state index contributed by atoms with van der Waals surface area (Å²) in [5, 5.41) is 8.18. The minimum absolute atomic E-state index is 0.159. The lowest BCUT2D eigenvalue weighted by atomic mass is 10.1. The number of unbranched alkanes of at least 4 members (excludes halogenated alkanes) is 1. The van der Waals surface area contributed by atoms with Crippen molar-refractivity contribution < 1.29 is 14.3 Å². The van der Waals surface area contributed by atoms with Gasteiger partial charge in [-0.15, -0.1) is 0 Å². The monoisotopic (exact) mass is 148 g/mol. The van der Waals surface area contributed by atoms with Gasteiger partial charge in [-0.3, -0.25) is 4.79 Å². The van der Waals surface area contributed by atoms with E-state index in [2.05, 4.69) is 0 Å². The molecule has 3 heteroatoms. The number of rotatable bonds is 5. The zero-order chi connectivity index (χ0) is 7.98. The molecule has 2 nitrogen and oxygen atoms in total. The Kier molecular flexibility index (Phi) is 4.89. The highest BCUT2D eigenvalue weighted by molar-refractivity contribution is 5.66. The number of aliphatic carboxylic acids is 1. The highest BCUT2D eigenvalue weighted by Crippen LogP contribution is 2.05. The Hall–Kier alpha value is -0.600. The average molecular weight is 148 g/mol. The van der Waals surface area contributed by atoms with Gasteiger partial charge in [0.05, 0.1) is 6.17 Å². The van der Waals surface area contributed by atoms with E-state index in [1.807, 2.05) is 0 Å². The lowest BCUT2D eigenvalue weighted by molar-refractivity contribution is -0.137. The molecule has 0 fully saturated rings. The molecular formula is C7H13FO2. The summed E-state index contributed by atoms with van der Waals surface area (Å²) in [5.41, 5.74) is 0. The second kappa shape index (κ2) is 5.21. The molecule has 1 N–H and O–H groups in total. The van der Waals surface area contributed by atoms with E-state index in [9.17, 15) is 9.18 Å². The first-order valence-electron chi connectivity index (χ1n) is 3.49. The van der Waals surface area contributed by atoms with Crippen molar-refractivity contribution in [2.24, 2.45) is 0 Å². The van der Waals surface area contributed by atoms with Crippen LogP contribution < -0.4 is 0 Å². The van der Waals surface area contributed by atoms with E-state index in [0.29, 0.717) is 19.3 Å². The van der Waals surface area contributed by atoms with E-state index >= 15 is 0 Å². The Balaban J connectivity index is 2.98. The SMILES string of the molecule is CC(F)CCCCC(=O)O. The van der Waals surface area contributed by atoms with Gasteiger partial charge in [0.15, 0.2) is 0 Å². The van der Waals surface area contributed by atoms with Crippen molar-refractivity contribution in [3.63, 3.8) is 0 Å². The smallest absolute Gasteiger partial charge is 0.303 e. The van der Waals surface area contributed by atoms with Crippen molar-refractivity contribution in [1.29, 1.82) is 0 Å². The third-order valence-corrected chi connectivity index (χ3v) is 1.24. The fraction of sp³-hybridized carbons (Fsp3) is 0.857. The first-order valence-corrected chi connectivity index (χ1v) is 3.49. The van der Waals surface area contributed by atoms with E-state index in [0.717, 1.165) is 0 Å². The Bertz CT molecular complexity index is 102. The van der Waals surface area contributed by atoms with Gasteiger partial charge >= 0.3 is 5.97 Å². The molecule has 0 spiro atoms. The van der Waals surface area contributed by atoms with Gasteiger partial charge in [0.1, 0.15) is 0 Å². The maximum Gasteiger partial charge on any atom is 0.303 e. The minimum atomic E-state index is -0.800. The topological polar surface area (TPSA) is 37.3 Å². The molecule has 0 aromatic carbocycles. The summed E-state index contributed by atoms with van der Waals surface area (Å²) in [7, 11) is 0. The van der Waals surface area contributed by atoms with Gasteiger partial charge in [0.25, 0.3) is 0 Å². The van der Waals surface area contributed by atoms with Crippen LogP contribution in [-0.2, 0) is 4.79 Å². The normalized spacial score (nSPS) is 13.0. The van der Waals surface area contributed by atoms with Gasteiger partial charge in [0, 0.05) is 6.42 Å². The Morgan fingerprint density at radius 2 is 2.20 bits per heavy atom. The summed E-state index contributed by atoms with van der Waals surface area (Å²) >= 11 is 0. The van der Waals surface area contributed by atoms with Crippen molar-refractivity contribution >= 4 is 5.97 Å². The molecule has 0 saturated carbocycles. The highest BCUT2D eigenvalue weighted by atomic mass is 19.1. The minimum Gasteiger partial charge on any atom is -0.481 e. The summed E-state index contributed by atoms with van der Waals surface area (Å²) in [6, 6.07) is 0. The first-order chi connectivity index (χ1) is 4.63. The first kappa shape index (κ1) is 9.40. The predicted octanol–water partition coefficient (Wildman–Crippen LogP) is 1.99. The Labute approximate surface area is 60.1 Å². The van der Waals surface area contributed by atoms with Crippen molar-refractivity contribution in [2.75, 3.05) is 0 Å². The van der Waals surface area contributed by atoms with Crippen LogP contribution in [0, 0.1) is 0 Å². The van der Waals surface area contributed by atoms with E-state index in [-0.39, 0.29) is 6.42 Å². The number of carbonyl (C=O) groups is 1. The quantitative estimate of drug-likeness (QED) is 0.605. The molecule has 0 saturated heterocycles. The molecule has 0 aromatic heterocycles. The van der Waals surface area contributed by atoms with Gasteiger partial charge in [-0.25, -0.2) is 4.39 Å². The van der Waals surface area contributed by atoms with Crippen LogP contribution in [0.25, 0.3) is 0 Å². The molecule has 0 aliphatic heterocycles. The van der Waals surface area contributed by atoms with Crippen LogP contribution in [0.5, 0.6) is 0 Å². The second-order valence-corrected chi connectivity index (χ2v) is 2.42. The molecular weight excluding hydrogens is 135 g/mol. The fourth-order valence-electron chi connectivity index (χ4n) is 0.702.